The van der Waals surface area contributed by atoms with Crippen LogP contribution in [0.5, 0.6) is 5.75 Å². The number of hydrogen-bond donors (Lipinski definition) is 1. The summed E-state index contributed by atoms with van der Waals surface area (Å²) in [5, 5.41) is 9.09. The van der Waals surface area contributed by atoms with Crippen LogP contribution in [0.3, 0.4) is 0 Å². The minimum absolute atomic E-state index is 0.414. The zero-order chi connectivity index (χ0) is 10.7. The molecule has 0 radical (unpaired) electrons. The topological polar surface area (TPSA) is 67.5 Å². The summed E-state index contributed by atoms with van der Waals surface area (Å²) in [4.78, 5) is 21.7. The Morgan fingerprint density at radius 2 is 2.14 bits per heavy atom. The molecular weight excluding hydrogens is 198 g/mol. The van der Waals surface area contributed by atoms with E-state index in [1.54, 1.807) is 0 Å². The number of carbonyl (C=O) groups is 1. The molecule has 0 saturated heterocycles. The van der Waals surface area contributed by atoms with Gasteiger partial charge in [0.05, 0.1) is 0 Å². The van der Waals surface area contributed by atoms with Crippen LogP contribution in [0.4, 0.5) is 8.78 Å². The summed E-state index contributed by atoms with van der Waals surface area (Å²) in [6, 6.07) is 0.768. The molecule has 1 N–H and O–H groups in total. The van der Waals surface area contributed by atoms with Crippen molar-refractivity contribution in [3.63, 3.8) is 0 Å². The molecule has 0 amide bonds. The average molecular weight is 204 g/mol. The normalized spacial score (nSPS) is 10.1. The van der Waals surface area contributed by atoms with Crippen LogP contribution in [0.25, 0.3) is 0 Å². The molecule has 0 aliphatic carbocycles. The van der Waals surface area contributed by atoms with Gasteiger partial charge in [-0.25, -0.2) is 13.6 Å². The van der Waals surface area contributed by atoms with Gasteiger partial charge in [-0.2, -0.15) is 0 Å². The molecule has 6 heteroatoms. The lowest BCUT2D eigenvalue weighted by atomic mass is 10.2. The lowest BCUT2D eigenvalue weighted by Gasteiger charge is -2.00. The smallest absolute Gasteiger partial charge is 0.350 e. The van der Waals surface area contributed by atoms with Crippen molar-refractivity contribution in [1.82, 2.24) is 0 Å². The Bertz CT molecular complexity index is 410. The number of hydrogen-bond acceptors (Lipinski definition) is 4. The second-order valence-corrected chi connectivity index (χ2v) is 2.45. The number of Topliss-reactive ketones (excluding diaryl/α,β-unsaturated/α-hetero) is 1. The van der Waals surface area contributed by atoms with Gasteiger partial charge in [0.1, 0.15) is 23.7 Å². The molecule has 1 aromatic heterocycles. The van der Waals surface area contributed by atoms with E-state index in [-0.39, 0.29) is 0 Å². The van der Waals surface area contributed by atoms with Crippen LogP contribution in [0, 0.1) is 0 Å². The summed E-state index contributed by atoms with van der Waals surface area (Å²) in [5.41, 5.74) is -2.02. The molecule has 1 aromatic rings. The molecule has 0 bridgehead atoms. The lowest BCUT2D eigenvalue weighted by molar-refractivity contribution is 0.0951. The van der Waals surface area contributed by atoms with Gasteiger partial charge in [-0.1, -0.05) is 0 Å². The number of ketones is 1. The zero-order valence-electron chi connectivity index (χ0n) is 6.92. The Labute approximate surface area is 76.8 Å². The molecule has 0 saturated carbocycles. The fraction of sp³-hybridized carbons (Fsp3) is 0.250. The molecule has 4 nitrogen and oxygen atoms in total. The number of halogens is 2. The first kappa shape index (κ1) is 10.4. The molecule has 0 spiro atoms. The van der Waals surface area contributed by atoms with Crippen LogP contribution in [-0.2, 0) is 6.67 Å². The second kappa shape index (κ2) is 3.99. The standard InChI is InChI=1S/C8H6F2O4/c9-2-4-1-5(11)7(6(12)3-10)8(13)14-4/h1,11H,2-3H2. The predicted octanol–water partition coefficient (Wildman–Crippen LogP) is 0.967. The van der Waals surface area contributed by atoms with E-state index in [2.05, 4.69) is 4.42 Å². The molecule has 0 unspecified atom stereocenters. The third kappa shape index (κ3) is 1.78. The van der Waals surface area contributed by atoms with E-state index in [1.165, 1.54) is 0 Å². The third-order valence-corrected chi connectivity index (χ3v) is 1.51. The predicted molar refractivity (Wildman–Crippen MR) is 41.8 cm³/mol. The van der Waals surface area contributed by atoms with Crippen LogP contribution < -0.4 is 5.63 Å². The molecule has 1 heterocycles. The van der Waals surface area contributed by atoms with Crippen LogP contribution in [-0.4, -0.2) is 17.6 Å². The van der Waals surface area contributed by atoms with Gasteiger partial charge in [0, 0.05) is 6.07 Å². The van der Waals surface area contributed by atoms with Crippen molar-refractivity contribution in [3.05, 3.63) is 27.8 Å². The summed E-state index contributed by atoms with van der Waals surface area (Å²) >= 11 is 0. The Morgan fingerprint density at radius 3 is 2.57 bits per heavy atom. The van der Waals surface area contributed by atoms with E-state index < -0.39 is 41.8 Å². The van der Waals surface area contributed by atoms with Gasteiger partial charge < -0.3 is 9.52 Å². The van der Waals surface area contributed by atoms with Gasteiger partial charge in [0.2, 0.25) is 5.78 Å². The maximum Gasteiger partial charge on any atom is 0.350 e. The highest BCUT2D eigenvalue weighted by molar-refractivity contribution is 5.98. The van der Waals surface area contributed by atoms with Crippen LogP contribution in [0.15, 0.2) is 15.3 Å². The maximum atomic E-state index is 12.0. The number of alkyl halides is 2. The molecule has 0 aliphatic heterocycles. The van der Waals surface area contributed by atoms with Crippen molar-refractivity contribution >= 4 is 5.78 Å². The first-order chi connectivity index (χ1) is 6.60. The highest BCUT2D eigenvalue weighted by atomic mass is 19.1. The molecular formula is C8H6F2O4. The van der Waals surface area contributed by atoms with Gasteiger partial charge >= 0.3 is 5.63 Å². The van der Waals surface area contributed by atoms with Gasteiger partial charge in [-0.05, 0) is 0 Å². The quantitative estimate of drug-likeness (QED) is 0.745. The van der Waals surface area contributed by atoms with Crippen molar-refractivity contribution in [2.24, 2.45) is 0 Å². The minimum Gasteiger partial charge on any atom is -0.507 e. The second-order valence-electron chi connectivity index (χ2n) is 2.45. The fourth-order valence-corrected chi connectivity index (χ4v) is 0.918. The van der Waals surface area contributed by atoms with Gasteiger partial charge in [-0.15, -0.1) is 0 Å². The maximum absolute atomic E-state index is 12.0. The van der Waals surface area contributed by atoms with Crippen molar-refractivity contribution < 1.29 is 23.1 Å². The summed E-state index contributed by atoms with van der Waals surface area (Å²) in [5.74, 6) is -2.37. The van der Waals surface area contributed by atoms with Crippen LogP contribution >= 0.6 is 0 Å². The minimum atomic E-state index is -1.42. The Hall–Kier alpha value is -1.72. The van der Waals surface area contributed by atoms with Crippen LogP contribution in [0.1, 0.15) is 16.1 Å². The molecule has 0 aromatic carbocycles. The van der Waals surface area contributed by atoms with E-state index in [1.807, 2.05) is 0 Å². The summed E-state index contributed by atoms with van der Waals surface area (Å²) in [6.45, 7) is -2.51. The van der Waals surface area contributed by atoms with E-state index in [0.717, 1.165) is 6.07 Å². The SMILES string of the molecule is O=C(CF)c1c(O)cc(CF)oc1=O. The van der Waals surface area contributed by atoms with Crippen LogP contribution in [0.2, 0.25) is 0 Å². The number of carbonyl (C=O) groups excluding carboxylic acids is 1. The molecule has 1 rings (SSSR count). The van der Waals surface area contributed by atoms with E-state index in [4.69, 9.17) is 5.11 Å². The highest BCUT2D eigenvalue weighted by Crippen LogP contribution is 2.16. The van der Waals surface area contributed by atoms with E-state index in [0.29, 0.717) is 0 Å². The zero-order valence-corrected chi connectivity index (χ0v) is 6.92. The molecule has 0 aliphatic rings. The summed E-state index contributed by atoms with van der Waals surface area (Å²) in [7, 11) is 0. The van der Waals surface area contributed by atoms with Gasteiger partial charge in [0.15, 0.2) is 6.67 Å². The van der Waals surface area contributed by atoms with E-state index >= 15 is 0 Å². The fourth-order valence-electron chi connectivity index (χ4n) is 0.918. The highest BCUT2D eigenvalue weighted by Gasteiger charge is 2.18. The number of rotatable bonds is 3. The van der Waals surface area contributed by atoms with E-state index in [9.17, 15) is 18.4 Å². The largest absolute Gasteiger partial charge is 0.507 e. The Morgan fingerprint density at radius 1 is 1.50 bits per heavy atom. The molecule has 76 valence electrons. The van der Waals surface area contributed by atoms with Crippen molar-refractivity contribution in [3.8, 4) is 5.75 Å². The molecule has 14 heavy (non-hydrogen) atoms. The first-order valence-electron chi connectivity index (χ1n) is 3.61. The lowest BCUT2D eigenvalue weighted by Crippen LogP contribution is -2.16. The Kier molecular flexibility index (Phi) is 2.95. The number of aromatic hydroxyl groups is 1. The molecule has 0 atom stereocenters. The van der Waals surface area contributed by atoms with Crippen molar-refractivity contribution in [2.45, 2.75) is 6.67 Å². The average Bonchev–Trinajstić information content (AvgIpc) is 2.16. The first-order valence-corrected chi connectivity index (χ1v) is 3.61. The monoisotopic (exact) mass is 204 g/mol. The summed E-state index contributed by atoms with van der Waals surface area (Å²) in [6.07, 6.45) is 0. The molecule has 0 fully saturated rings. The van der Waals surface area contributed by atoms with Crippen molar-refractivity contribution in [2.75, 3.05) is 6.67 Å². The van der Waals surface area contributed by atoms with Gasteiger partial charge in [0.25, 0.3) is 0 Å². The van der Waals surface area contributed by atoms with Crippen molar-refractivity contribution in [1.29, 1.82) is 0 Å². The summed E-state index contributed by atoms with van der Waals surface area (Å²) < 4.78 is 28.2. The Balaban J connectivity index is 3.33. The van der Waals surface area contributed by atoms with Gasteiger partial charge in [-0.3, -0.25) is 4.79 Å². The third-order valence-electron chi connectivity index (χ3n) is 1.51.